The molecule has 0 amide bonds. The lowest BCUT2D eigenvalue weighted by Gasteiger charge is -2.23. The van der Waals surface area contributed by atoms with Crippen molar-refractivity contribution in [1.29, 1.82) is 5.41 Å². The Bertz CT molecular complexity index is 571. The number of nitrogens with zero attached hydrogens (tertiary/aromatic N) is 1. The van der Waals surface area contributed by atoms with Crippen LogP contribution in [0, 0.1) is 5.41 Å². The third-order valence-electron chi connectivity index (χ3n) is 3.39. The molecular weight excluding hydrogens is 268 g/mol. The summed E-state index contributed by atoms with van der Waals surface area (Å²) in [6, 6.07) is 9.88. The van der Waals surface area contributed by atoms with Crippen molar-refractivity contribution in [3.8, 4) is 0 Å². The van der Waals surface area contributed by atoms with Crippen molar-refractivity contribution in [1.82, 2.24) is 4.90 Å². The minimum atomic E-state index is -2.91. The molecule has 3 rings (SSSR count). The first-order chi connectivity index (χ1) is 8.55. The van der Waals surface area contributed by atoms with Gasteiger partial charge in [0.05, 0.1) is 17.5 Å². The normalized spacial score (nSPS) is 29.6. The number of thioether (sulfide) groups is 1. The number of rotatable bonds is 2. The Morgan fingerprint density at radius 3 is 2.72 bits per heavy atom. The second kappa shape index (κ2) is 4.28. The minimum Gasteiger partial charge on any atom is -0.342 e. The Morgan fingerprint density at radius 2 is 2.00 bits per heavy atom. The van der Waals surface area contributed by atoms with Crippen LogP contribution in [0.1, 0.15) is 5.56 Å². The van der Waals surface area contributed by atoms with E-state index in [0.29, 0.717) is 11.7 Å². The molecule has 0 saturated carbocycles. The van der Waals surface area contributed by atoms with Crippen molar-refractivity contribution in [3.63, 3.8) is 0 Å². The molecule has 4 nitrogen and oxygen atoms in total. The van der Waals surface area contributed by atoms with E-state index < -0.39 is 9.84 Å². The Labute approximate surface area is 111 Å². The number of sulfone groups is 1. The lowest BCUT2D eigenvalue weighted by atomic mass is 10.1. The van der Waals surface area contributed by atoms with Gasteiger partial charge in [0.2, 0.25) is 0 Å². The van der Waals surface area contributed by atoms with Crippen molar-refractivity contribution < 1.29 is 8.42 Å². The van der Waals surface area contributed by atoms with Crippen LogP contribution in [0.4, 0.5) is 0 Å². The molecule has 1 aromatic carbocycles. The van der Waals surface area contributed by atoms with Crippen LogP contribution in [0.25, 0.3) is 0 Å². The molecule has 1 N–H and O–H groups in total. The summed E-state index contributed by atoms with van der Waals surface area (Å²) < 4.78 is 23.3. The first-order valence-electron chi connectivity index (χ1n) is 5.81. The monoisotopic (exact) mass is 282 g/mol. The van der Waals surface area contributed by atoms with Crippen LogP contribution in [0.3, 0.4) is 0 Å². The van der Waals surface area contributed by atoms with Gasteiger partial charge in [-0.2, -0.15) is 0 Å². The lowest BCUT2D eigenvalue weighted by Crippen LogP contribution is -2.36. The molecule has 96 valence electrons. The van der Waals surface area contributed by atoms with Crippen molar-refractivity contribution in [2.45, 2.75) is 17.8 Å². The molecule has 6 heteroatoms. The summed E-state index contributed by atoms with van der Waals surface area (Å²) in [7, 11) is -2.91. The average molecular weight is 282 g/mol. The largest absolute Gasteiger partial charge is 0.342 e. The highest BCUT2D eigenvalue weighted by Crippen LogP contribution is 2.38. The maximum Gasteiger partial charge on any atom is 0.157 e. The minimum absolute atomic E-state index is 0.0206. The summed E-state index contributed by atoms with van der Waals surface area (Å²) in [6.45, 7) is 0.628. The summed E-state index contributed by atoms with van der Waals surface area (Å²) in [5.41, 5.74) is 1.12. The summed E-state index contributed by atoms with van der Waals surface area (Å²) in [5, 5.41) is 8.53. The van der Waals surface area contributed by atoms with Crippen LogP contribution in [-0.4, -0.2) is 41.3 Å². The smallest absolute Gasteiger partial charge is 0.157 e. The summed E-state index contributed by atoms with van der Waals surface area (Å²) in [4.78, 5) is 1.93. The molecule has 0 aliphatic carbocycles. The lowest BCUT2D eigenvalue weighted by molar-refractivity contribution is 0.349. The molecule has 0 spiro atoms. The molecular formula is C12H14N2O2S2. The van der Waals surface area contributed by atoms with Gasteiger partial charge in [-0.3, -0.25) is 5.41 Å². The summed E-state index contributed by atoms with van der Waals surface area (Å²) in [6.07, 6.45) is 0. The fourth-order valence-corrected chi connectivity index (χ4v) is 6.36. The Kier molecular flexibility index (Phi) is 2.86. The van der Waals surface area contributed by atoms with Gasteiger partial charge in [-0.15, -0.1) is 0 Å². The van der Waals surface area contributed by atoms with E-state index in [-0.39, 0.29) is 22.8 Å². The first kappa shape index (κ1) is 12.0. The molecule has 2 atom stereocenters. The van der Waals surface area contributed by atoms with E-state index in [0.717, 1.165) is 5.56 Å². The van der Waals surface area contributed by atoms with Crippen LogP contribution in [0.2, 0.25) is 0 Å². The Hall–Kier alpha value is -1.01. The van der Waals surface area contributed by atoms with Crippen LogP contribution >= 0.6 is 11.8 Å². The molecule has 18 heavy (non-hydrogen) atoms. The maximum atomic E-state index is 11.6. The van der Waals surface area contributed by atoms with E-state index in [1.165, 1.54) is 11.8 Å². The zero-order valence-electron chi connectivity index (χ0n) is 9.74. The van der Waals surface area contributed by atoms with Gasteiger partial charge in [0.15, 0.2) is 15.0 Å². The topological polar surface area (TPSA) is 61.2 Å². The zero-order chi connectivity index (χ0) is 12.8. The number of hydrogen-bond donors (Lipinski definition) is 1. The van der Waals surface area contributed by atoms with Gasteiger partial charge >= 0.3 is 0 Å². The van der Waals surface area contributed by atoms with Crippen molar-refractivity contribution in [2.24, 2.45) is 0 Å². The predicted molar refractivity (Wildman–Crippen MR) is 73.5 cm³/mol. The molecule has 2 aliphatic heterocycles. The van der Waals surface area contributed by atoms with Crippen molar-refractivity contribution in [2.75, 3.05) is 11.5 Å². The van der Waals surface area contributed by atoms with Crippen LogP contribution in [-0.2, 0) is 16.4 Å². The van der Waals surface area contributed by atoms with Crippen LogP contribution in [0.15, 0.2) is 30.3 Å². The second-order valence-electron chi connectivity index (χ2n) is 4.72. The highest BCUT2D eigenvalue weighted by atomic mass is 32.2. The first-order valence-corrected chi connectivity index (χ1v) is 8.51. The second-order valence-corrected chi connectivity index (χ2v) is 8.10. The highest BCUT2D eigenvalue weighted by Gasteiger charge is 2.47. The maximum absolute atomic E-state index is 11.6. The quantitative estimate of drug-likeness (QED) is 0.889. The van der Waals surface area contributed by atoms with Gasteiger partial charge in [-0.05, 0) is 5.56 Å². The molecule has 2 heterocycles. The van der Waals surface area contributed by atoms with Gasteiger partial charge in [0, 0.05) is 11.8 Å². The Balaban J connectivity index is 1.82. The molecule has 0 bridgehead atoms. The van der Waals surface area contributed by atoms with Gasteiger partial charge in [-0.25, -0.2) is 8.42 Å². The van der Waals surface area contributed by atoms with E-state index in [1.807, 2.05) is 35.2 Å². The van der Waals surface area contributed by atoms with Gasteiger partial charge < -0.3 is 4.90 Å². The molecule has 2 saturated heterocycles. The molecule has 1 aromatic rings. The fourth-order valence-electron chi connectivity index (χ4n) is 2.53. The van der Waals surface area contributed by atoms with Crippen LogP contribution in [0.5, 0.6) is 0 Å². The molecule has 0 aromatic heterocycles. The van der Waals surface area contributed by atoms with Gasteiger partial charge in [0.1, 0.15) is 0 Å². The molecule has 2 fully saturated rings. The van der Waals surface area contributed by atoms with Crippen molar-refractivity contribution in [3.05, 3.63) is 35.9 Å². The number of hydrogen-bond acceptors (Lipinski definition) is 4. The third-order valence-corrected chi connectivity index (χ3v) is 6.56. The zero-order valence-corrected chi connectivity index (χ0v) is 11.4. The number of nitrogens with one attached hydrogen (secondary N) is 1. The van der Waals surface area contributed by atoms with E-state index in [4.69, 9.17) is 5.41 Å². The average Bonchev–Trinajstić information content (AvgIpc) is 2.74. The molecule has 0 radical (unpaired) electrons. The predicted octanol–water partition coefficient (Wildman–Crippen LogP) is 1.34. The number of fused-ring (bicyclic) bond motifs is 1. The number of amidine groups is 1. The van der Waals surface area contributed by atoms with E-state index in [2.05, 4.69) is 0 Å². The van der Waals surface area contributed by atoms with Crippen LogP contribution < -0.4 is 0 Å². The number of benzene rings is 1. The SMILES string of the molecule is N=C1S[C@H]2CS(=O)(=O)C[C@@H]2N1Cc1ccccc1. The molecule has 2 aliphatic rings. The highest BCUT2D eigenvalue weighted by molar-refractivity contribution is 8.15. The van der Waals surface area contributed by atoms with Gasteiger partial charge in [-0.1, -0.05) is 42.1 Å². The standard InChI is InChI=1S/C12H14N2O2S2/c13-12-14(6-9-4-2-1-3-5-9)10-7-18(15,16)8-11(10)17-12/h1-5,10-11,13H,6-8H2/t10-,11-/m0/s1. The summed E-state index contributed by atoms with van der Waals surface area (Å²) in [5.74, 6) is 0.413. The summed E-state index contributed by atoms with van der Waals surface area (Å²) >= 11 is 1.40. The Morgan fingerprint density at radius 1 is 1.28 bits per heavy atom. The van der Waals surface area contributed by atoms with E-state index >= 15 is 0 Å². The third kappa shape index (κ3) is 2.14. The fraction of sp³-hybridized carbons (Fsp3) is 0.417. The van der Waals surface area contributed by atoms with Crippen molar-refractivity contribution >= 4 is 26.8 Å². The molecule has 0 unspecified atom stereocenters. The van der Waals surface area contributed by atoms with Gasteiger partial charge in [0.25, 0.3) is 0 Å². The van der Waals surface area contributed by atoms with E-state index in [1.54, 1.807) is 0 Å². The van der Waals surface area contributed by atoms with E-state index in [9.17, 15) is 8.42 Å².